The molecule has 0 saturated heterocycles. The Morgan fingerprint density at radius 3 is 1.81 bits per heavy atom. The molecule has 3 aliphatic rings. The van der Waals surface area contributed by atoms with E-state index in [1.54, 1.807) is 0 Å². The molecule has 0 saturated carbocycles. The molecule has 0 fully saturated rings. The highest BCUT2D eigenvalue weighted by molar-refractivity contribution is 7.26. The monoisotopic (exact) mass is 998 g/mol. The third-order valence-corrected chi connectivity index (χ3v) is 20.9. The normalized spacial score (nSPS) is 17.4. The molecule has 366 valence electrons. The maximum atomic E-state index is 7.42. The first-order chi connectivity index (χ1) is 35.2. The van der Waals surface area contributed by atoms with Gasteiger partial charge in [-0.25, -0.2) is 0 Å². The highest BCUT2D eigenvalue weighted by atomic mass is 32.1. The van der Waals surface area contributed by atoms with Gasteiger partial charge in [0.25, 0.3) is 0 Å². The maximum absolute atomic E-state index is 7.42. The van der Waals surface area contributed by atoms with Crippen molar-refractivity contribution in [1.29, 1.82) is 0 Å². The Labute approximate surface area is 442 Å². The highest BCUT2D eigenvalue weighted by Crippen LogP contribution is 2.54. The van der Waals surface area contributed by atoms with Crippen LogP contribution in [0.1, 0.15) is 130 Å². The second-order valence-corrected chi connectivity index (χ2v) is 28.4. The zero-order valence-corrected chi connectivity index (χ0v) is 46.4. The van der Waals surface area contributed by atoms with E-state index in [9.17, 15) is 0 Å². The molecule has 74 heavy (non-hydrogen) atoms. The molecule has 0 radical (unpaired) electrons. The van der Waals surface area contributed by atoms with Crippen molar-refractivity contribution in [2.45, 2.75) is 129 Å². The smallest absolute Gasteiger partial charge is 0.198 e. The Morgan fingerprint density at radius 2 is 1.11 bits per heavy atom. The predicted molar refractivity (Wildman–Crippen MR) is 325 cm³/mol. The number of furan rings is 1. The quantitative estimate of drug-likeness (QED) is 0.179. The third-order valence-electron chi connectivity index (χ3n) is 18.7. The summed E-state index contributed by atoms with van der Waals surface area (Å²) < 4.78 is 15.5. The minimum Gasteiger partial charge on any atom is -0.455 e. The number of nitrogens with zero attached hydrogens (tertiary/aromatic N) is 1. The van der Waals surface area contributed by atoms with E-state index in [1.807, 2.05) is 22.7 Å². The summed E-state index contributed by atoms with van der Waals surface area (Å²) in [6.45, 7) is 26.6. The molecule has 1 N–H and O–H groups in total. The minimum atomic E-state index is 0.0408. The molecule has 2 aliphatic carbocycles. The van der Waals surface area contributed by atoms with Gasteiger partial charge in [-0.3, -0.25) is 0 Å². The zero-order valence-electron chi connectivity index (χ0n) is 44.8. The number of benzene rings is 8. The number of rotatable bonds is 3. The van der Waals surface area contributed by atoms with Gasteiger partial charge in [0.15, 0.2) is 7.28 Å². The molecule has 4 aromatic heterocycles. The third kappa shape index (κ3) is 6.25. The van der Waals surface area contributed by atoms with Crippen LogP contribution in [-0.4, -0.2) is 11.8 Å². The summed E-state index contributed by atoms with van der Waals surface area (Å²) in [6, 6.07) is 47.5. The molecule has 1 aliphatic heterocycles. The fourth-order valence-corrected chi connectivity index (χ4v) is 16.4. The van der Waals surface area contributed by atoms with Crippen molar-refractivity contribution in [3.63, 3.8) is 0 Å². The topological polar surface area (TPSA) is 30.1 Å². The molecule has 0 bridgehead atoms. The lowest BCUT2D eigenvalue weighted by atomic mass is 9.58. The largest absolute Gasteiger partial charge is 0.455 e. The SMILES string of the molecule is CC(C)(C)c1ccc(Nc2cc3c(cc2-c2c4c5c(c6cc7c(cc6n5-c5cc6c(cc5B4)sc4ccccc46)C(C)(C)CCC7(C)C)c4oc5ccccc5c24)sc2cc4c(cc23)C(C)(C)CCC4(C)C)cc1. The molecule has 15 rings (SSSR count). The summed E-state index contributed by atoms with van der Waals surface area (Å²) in [6.07, 6.45) is 4.70. The lowest BCUT2D eigenvalue weighted by molar-refractivity contribution is 0.332. The van der Waals surface area contributed by atoms with Gasteiger partial charge in [0.2, 0.25) is 0 Å². The molecular weight excluding hydrogens is 936 g/mol. The highest BCUT2D eigenvalue weighted by Gasteiger charge is 2.41. The summed E-state index contributed by atoms with van der Waals surface area (Å²) in [7, 11) is 0.800. The van der Waals surface area contributed by atoms with Gasteiger partial charge in [-0.05, 0) is 164 Å². The first-order valence-corrected chi connectivity index (χ1v) is 28.7. The number of aromatic nitrogens is 1. The number of hydrogen-bond acceptors (Lipinski definition) is 4. The van der Waals surface area contributed by atoms with Gasteiger partial charge in [0, 0.05) is 79.1 Å². The van der Waals surface area contributed by atoms with Gasteiger partial charge in [-0.2, -0.15) is 0 Å². The molecule has 0 atom stereocenters. The maximum Gasteiger partial charge on any atom is 0.198 e. The van der Waals surface area contributed by atoms with Crippen LogP contribution >= 0.6 is 22.7 Å². The average Bonchev–Trinajstić information content (AvgIpc) is 4.13. The molecule has 0 unspecified atom stereocenters. The molecule has 0 amide bonds. The van der Waals surface area contributed by atoms with Crippen LogP contribution < -0.4 is 16.2 Å². The van der Waals surface area contributed by atoms with Crippen molar-refractivity contribution >= 4 is 136 Å². The van der Waals surface area contributed by atoms with Crippen LogP contribution in [0.2, 0.25) is 0 Å². The summed E-state index contributed by atoms with van der Waals surface area (Å²) in [5.41, 5.74) is 20.8. The van der Waals surface area contributed by atoms with Crippen LogP contribution in [0.15, 0.2) is 126 Å². The molecule has 5 heterocycles. The molecular formula is C68H63BN2OS2. The van der Waals surface area contributed by atoms with E-state index in [0.717, 1.165) is 48.0 Å². The lowest BCUT2D eigenvalue weighted by Crippen LogP contribution is -2.37. The summed E-state index contributed by atoms with van der Waals surface area (Å²) in [5, 5.41) is 14.4. The standard InChI is InChI=1S/C68H63BN2OS2/c1-64(2,3)36-20-22-37(23-21-36)70-50-30-41-40-28-45-48(68(10,11)27-25-65(45,4)5)34-56(40)74-55(41)32-43(50)58-59-39-17-12-14-18-53(39)72-63(59)60-44-29-46-47(67(8,9)26-24-66(46,6)7)33-51(44)71-52-31-42-38-16-13-15-19-54(38)73-57(42)35-49(52)69-61(58)62(60)71/h12-23,28-35,69-70H,24-27H2,1-11H3. The van der Waals surface area contributed by atoms with E-state index in [-0.39, 0.29) is 27.1 Å². The Kier molecular flexibility index (Phi) is 8.98. The van der Waals surface area contributed by atoms with Crippen molar-refractivity contribution in [3.05, 3.63) is 149 Å². The van der Waals surface area contributed by atoms with Crippen molar-refractivity contribution in [1.82, 2.24) is 4.57 Å². The molecule has 3 nitrogen and oxygen atoms in total. The van der Waals surface area contributed by atoms with Gasteiger partial charge < -0.3 is 14.3 Å². The van der Waals surface area contributed by atoms with Gasteiger partial charge in [-0.15, -0.1) is 22.7 Å². The Balaban J connectivity index is 1.11. The number of nitrogens with one attached hydrogen (secondary N) is 1. The molecule has 6 heteroatoms. The average molecular weight is 999 g/mol. The van der Waals surface area contributed by atoms with Gasteiger partial charge >= 0.3 is 0 Å². The number of para-hydroxylation sites is 1. The van der Waals surface area contributed by atoms with E-state index in [1.165, 1.54) is 136 Å². The van der Waals surface area contributed by atoms with Crippen molar-refractivity contribution < 1.29 is 4.42 Å². The van der Waals surface area contributed by atoms with Gasteiger partial charge in [-0.1, -0.05) is 130 Å². The Morgan fingerprint density at radius 1 is 0.541 bits per heavy atom. The summed E-state index contributed by atoms with van der Waals surface area (Å²) in [4.78, 5) is 0. The van der Waals surface area contributed by atoms with Crippen LogP contribution in [0, 0.1) is 0 Å². The van der Waals surface area contributed by atoms with E-state index >= 15 is 0 Å². The number of thiophene rings is 2. The first-order valence-electron chi connectivity index (χ1n) is 27.1. The van der Waals surface area contributed by atoms with Crippen LogP contribution in [0.4, 0.5) is 11.4 Å². The van der Waals surface area contributed by atoms with Crippen LogP contribution in [-0.2, 0) is 27.1 Å². The Hall–Kier alpha value is -6.34. The molecule has 0 spiro atoms. The Bertz CT molecular complexity index is 4460. The number of anilines is 2. The fraction of sp³-hybridized carbons (Fsp3) is 0.294. The lowest BCUT2D eigenvalue weighted by Gasteiger charge is -2.42. The minimum absolute atomic E-state index is 0.0408. The predicted octanol–water partition coefficient (Wildman–Crippen LogP) is 18.5. The van der Waals surface area contributed by atoms with E-state index < -0.39 is 0 Å². The molecule has 12 aromatic rings. The molecule has 8 aromatic carbocycles. The number of hydrogen-bond donors (Lipinski definition) is 1. The number of fused-ring (bicyclic) bond motifs is 17. The fourth-order valence-electron chi connectivity index (χ4n) is 14.1. The second kappa shape index (κ2) is 14.7. The summed E-state index contributed by atoms with van der Waals surface area (Å²) in [5.74, 6) is 0. The summed E-state index contributed by atoms with van der Waals surface area (Å²) >= 11 is 3.89. The van der Waals surface area contributed by atoms with Crippen molar-refractivity contribution in [2.24, 2.45) is 0 Å². The van der Waals surface area contributed by atoms with Crippen LogP contribution in [0.3, 0.4) is 0 Å². The van der Waals surface area contributed by atoms with Gasteiger partial charge in [0.05, 0.1) is 16.4 Å². The first kappa shape index (κ1) is 45.1. The van der Waals surface area contributed by atoms with E-state index in [4.69, 9.17) is 4.42 Å². The second-order valence-electron chi connectivity index (χ2n) is 26.3. The van der Waals surface area contributed by atoms with Crippen molar-refractivity contribution in [2.75, 3.05) is 5.32 Å². The zero-order chi connectivity index (χ0) is 50.7. The van der Waals surface area contributed by atoms with Gasteiger partial charge in [0.1, 0.15) is 11.2 Å². The van der Waals surface area contributed by atoms with Crippen LogP contribution in [0.25, 0.3) is 101 Å². The van der Waals surface area contributed by atoms with Crippen molar-refractivity contribution in [3.8, 4) is 16.8 Å². The van der Waals surface area contributed by atoms with E-state index in [2.05, 4.69) is 207 Å². The van der Waals surface area contributed by atoms with E-state index in [0.29, 0.717) is 0 Å². The van der Waals surface area contributed by atoms with Crippen LogP contribution in [0.5, 0.6) is 0 Å².